The smallest absolute Gasteiger partial charge is 0.251 e. The third kappa shape index (κ3) is 5.79. The summed E-state index contributed by atoms with van der Waals surface area (Å²) in [5, 5.41) is 12.0. The maximum atomic E-state index is 12.5. The van der Waals surface area contributed by atoms with Crippen LogP contribution in [0.4, 0.5) is 0 Å². The van der Waals surface area contributed by atoms with Gasteiger partial charge in [0.05, 0.1) is 10.5 Å². The van der Waals surface area contributed by atoms with E-state index in [1.807, 2.05) is 36.4 Å². The number of amides is 1. The van der Waals surface area contributed by atoms with Gasteiger partial charge in [0.25, 0.3) is 5.91 Å². The third-order valence-electron chi connectivity index (χ3n) is 4.92. The monoisotopic (exact) mass is 433 g/mol. The quantitative estimate of drug-likeness (QED) is 0.567. The molecule has 0 saturated carbocycles. The summed E-state index contributed by atoms with van der Waals surface area (Å²) in [5.41, 5.74) is 2.45. The molecule has 3 aromatic carbocycles. The summed E-state index contributed by atoms with van der Waals surface area (Å²) in [5.74, 6) is 0.00739. The van der Waals surface area contributed by atoms with E-state index in [1.165, 1.54) is 12.1 Å². The summed E-state index contributed by atoms with van der Waals surface area (Å²) in [6, 6.07) is 24.6. The fraction of sp³-hybridized carbons (Fsp3) is 0.167. The van der Waals surface area contributed by atoms with Crippen molar-refractivity contribution in [1.29, 1.82) is 5.26 Å². The molecular formula is C24H23N3O3S. The summed E-state index contributed by atoms with van der Waals surface area (Å²) >= 11 is 0. The van der Waals surface area contributed by atoms with Crippen molar-refractivity contribution in [3.05, 3.63) is 101 Å². The lowest BCUT2D eigenvalue weighted by molar-refractivity contribution is 0.0951. The van der Waals surface area contributed by atoms with Gasteiger partial charge >= 0.3 is 0 Å². The molecule has 0 saturated heterocycles. The molecule has 2 N–H and O–H groups in total. The van der Waals surface area contributed by atoms with Crippen molar-refractivity contribution >= 4 is 15.9 Å². The lowest BCUT2D eigenvalue weighted by atomic mass is 10.0. The first-order chi connectivity index (χ1) is 14.9. The number of nitriles is 1. The zero-order valence-electron chi connectivity index (χ0n) is 17.1. The molecule has 6 nitrogen and oxygen atoms in total. The number of carbonyl (C=O) groups excluding carboxylic acids is 1. The molecule has 0 bridgehead atoms. The molecule has 1 unspecified atom stereocenters. The van der Waals surface area contributed by atoms with Crippen LogP contribution < -0.4 is 10.0 Å². The minimum absolute atomic E-state index is 0.0506. The number of rotatable bonds is 8. The second kappa shape index (κ2) is 10.0. The van der Waals surface area contributed by atoms with Crippen molar-refractivity contribution < 1.29 is 13.2 Å². The highest BCUT2D eigenvalue weighted by atomic mass is 32.2. The molecule has 0 radical (unpaired) electrons. The average Bonchev–Trinajstić information content (AvgIpc) is 2.82. The summed E-state index contributed by atoms with van der Waals surface area (Å²) in [4.78, 5) is 12.4. The van der Waals surface area contributed by atoms with E-state index in [4.69, 9.17) is 5.26 Å². The largest absolute Gasteiger partial charge is 0.351 e. The maximum absolute atomic E-state index is 12.5. The topological polar surface area (TPSA) is 99.1 Å². The van der Waals surface area contributed by atoms with Gasteiger partial charge in [0.1, 0.15) is 6.07 Å². The van der Waals surface area contributed by atoms with Gasteiger partial charge in [-0.05, 0) is 41.3 Å². The first-order valence-electron chi connectivity index (χ1n) is 9.81. The second-order valence-electron chi connectivity index (χ2n) is 7.15. The van der Waals surface area contributed by atoms with Crippen LogP contribution in [0.5, 0.6) is 0 Å². The Bertz CT molecular complexity index is 1180. The van der Waals surface area contributed by atoms with Crippen molar-refractivity contribution in [1.82, 2.24) is 10.0 Å². The number of hydrogen-bond acceptors (Lipinski definition) is 4. The van der Waals surface area contributed by atoms with Crippen LogP contribution in [0.15, 0.2) is 83.8 Å². The molecule has 0 aliphatic heterocycles. The van der Waals surface area contributed by atoms with Crippen LogP contribution in [0.2, 0.25) is 0 Å². The average molecular weight is 434 g/mol. The van der Waals surface area contributed by atoms with Gasteiger partial charge in [-0.25, -0.2) is 13.1 Å². The molecule has 158 valence electrons. The van der Waals surface area contributed by atoms with Crippen LogP contribution in [-0.4, -0.2) is 20.9 Å². The van der Waals surface area contributed by atoms with Gasteiger partial charge in [-0.2, -0.15) is 5.26 Å². The fourth-order valence-corrected chi connectivity index (χ4v) is 4.24. The van der Waals surface area contributed by atoms with Crippen LogP contribution >= 0.6 is 0 Å². The van der Waals surface area contributed by atoms with Crippen molar-refractivity contribution in [3.8, 4) is 6.07 Å². The summed E-state index contributed by atoms with van der Waals surface area (Å²) in [7, 11) is -3.82. The third-order valence-corrected chi connectivity index (χ3v) is 6.38. The Morgan fingerprint density at radius 3 is 2.29 bits per heavy atom. The van der Waals surface area contributed by atoms with Crippen LogP contribution in [-0.2, 0) is 16.6 Å². The van der Waals surface area contributed by atoms with Gasteiger partial charge in [-0.1, -0.05) is 61.5 Å². The van der Waals surface area contributed by atoms with Crippen LogP contribution in [0, 0.1) is 11.3 Å². The number of hydrogen-bond donors (Lipinski definition) is 2. The van der Waals surface area contributed by atoms with E-state index in [9.17, 15) is 13.2 Å². The molecule has 0 aromatic heterocycles. The number of sulfonamides is 1. The Morgan fingerprint density at radius 2 is 1.61 bits per heavy atom. The molecule has 1 amide bonds. The zero-order chi connectivity index (χ0) is 22.3. The number of nitrogens with one attached hydrogen (secondary N) is 2. The SMILES string of the molecule is CC(CNC(=O)c1ccc(CNS(=O)(=O)c2ccccc2C#N)cc1)c1ccccc1. The Hall–Kier alpha value is -3.47. The number of nitrogens with zero attached hydrogens (tertiary/aromatic N) is 1. The highest BCUT2D eigenvalue weighted by Gasteiger charge is 2.18. The minimum atomic E-state index is -3.82. The van der Waals surface area contributed by atoms with Gasteiger partial charge in [-0.3, -0.25) is 4.79 Å². The van der Waals surface area contributed by atoms with E-state index < -0.39 is 10.0 Å². The van der Waals surface area contributed by atoms with Crippen LogP contribution in [0.25, 0.3) is 0 Å². The van der Waals surface area contributed by atoms with Crippen molar-refractivity contribution in [2.75, 3.05) is 6.54 Å². The molecule has 3 rings (SSSR count). The molecule has 0 spiro atoms. The van der Waals surface area contributed by atoms with E-state index in [1.54, 1.807) is 36.4 Å². The Labute approximate surface area is 182 Å². The minimum Gasteiger partial charge on any atom is -0.351 e. The highest BCUT2D eigenvalue weighted by Crippen LogP contribution is 2.16. The molecule has 0 aliphatic rings. The Morgan fingerprint density at radius 1 is 0.968 bits per heavy atom. The van der Waals surface area contributed by atoms with Gasteiger partial charge in [0.15, 0.2) is 0 Å². The summed E-state index contributed by atoms with van der Waals surface area (Å²) < 4.78 is 27.5. The molecule has 0 fully saturated rings. The predicted octanol–water partition coefficient (Wildman–Crippen LogP) is 3.57. The molecule has 7 heteroatoms. The first-order valence-corrected chi connectivity index (χ1v) is 11.3. The Balaban J connectivity index is 1.57. The fourth-order valence-electron chi connectivity index (χ4n) is 3.07. The van der Waals surface area contributed by atoms with E-state index in [0.717, 1.165) is 5.56 Å². The zero-order valence-corrected chi connectivity index (χ0v) is 17.9. The summed E-state index contributed by atoms with van der Waals surface area (Å²) in [6.45, 7) is 2.62. The van der Waals surface area contributed by atoms with Crippen molar-refractivity contribution in [2.24, 2.45) is 0 Å². The van der Waals surface area contributed by atoms with Gasteiger partial charge in [-0.15, -0.1) is 0 Å². The predicted molar refractivity (Wildman–Crippen MR) is 119 cm³/mol. The highest BCUT2D eigenvalue weighted by molar-refractivity contribution is 7.89. The summed E-state index contributed by atoms with van der Waals surface area (Å²) in [6.07, 6.45) is 0. The normalized spacial score (nSPS) is 12.0. The van der Waals surface area contributed by atoms with E-state index in [2.05, 4.69) is 17.0 Å². The molecule has 0 heterocycles. The van der Waals surface area contributed by atoms with Crippen molar-refractivity contribution in [2.45, 2.75) is 24.3 Å². The maximum Gasteiger partial charge on any atom is 0.251 e. The molecule has 1 atom stereocenters. The standard InChI is InChI=1S/C24H23N3O3S/c1-18(20-7-3-2-4-8-20)16-26-24(28)21-13-11-19(12-14-21)17-27-31(29,30)23-10-6-5-9-22(23)15-25/h2-14,18,27H,16-17H2,1H3,(H,26,28). The number of benzene rings is 3. The van der Waals surface area contributed by atoms with Crippen LogP contribution in [0.1, 0.15) is 39.9 Å². The van der Waals surface area contributed by atoms with Crippen LogP contribution in [0.3, 0.4) is 0 Å². The molecular weight excluding hydrogens is 410 g/mol. The van der Waals surface area contributed by atoms with E-state index in [-0.39, 0.29) is 28.8 Å². The van der Waals surface area contributed by atoms with E-state index in [0.29, 0.717) is 17.7 Å². The van der Waals surface area contributed by atoms with Gasteiger partial charge < -0.3 is 5.32 Å². The van der Waals surface area contributed by atoms with Gasteiger partial charge in [0, 0.05) is 18.7 Å². The first kappa shape index (κ1) is 22.2. The lowest BCUT2D eigenvalue weighted by Gasteiger charge is -2.13. The Kier molecular flexibility index (Phi) is 7.19. The number of carbonyl (C=O) groups is 1. The van der Waals surface area contributed by atoms with E-state index >= 15 is 0 Å². The van der Waals surface area contributed by atoms with Gasteiger partial charge in [0.2, 0.25) is 10.0 Å². The lowest BCUT2D eigenvalue weighted by Crippen LogP contribution is -2.27. The second-order valence-corrected chi connectivity index (χ2v) is 8.89. The molecule has 31 heavy (non-hydrogen) atoms. The molecule has 3 aromatic rings. The molecule has 0 aliphatic carbocycles. The van der Waals surface area contributed by atoms with Crippen molar-refractivity contribution in [3.63, 3.8) is 0 Å².